The summed E-state index contributed by atoms with van der Waals surface area (Å²) in [6, 6.07) is 13.3. The van der Waals surface area contributed by atoms with Gasteiger partial charge in [-0.3, -0.25) is 4.79 Å². The van der Waals surface area contributed by atoms with Gasteiger partial charge in [0.15, 0.2) is 0 Å². The fraction of sp³-hybridized carbons (Fsp3) is 0.435. The van der Waals surface area contributed by atoms with Gasteiger partial charge in [-0.15, -0.1) is 0 Å². The third kappa shape index (κ3) is 6.29. The summed E-state index contributed by atoms with van der Waals surface area (Å²) in [6.45, 7) is 5.22. The third-order valence-corrected chi connectivity index (χ3v) is 7.26. The normalized spacial score (nSPS) is 15.5. The lowest BCUT2D eigenvalue weighted by molar-refractivity contribution is 0.102. The van der Waals surface area contributed by atoms with Gasteiger partial charge in [0, 0.05) is 37.4 Å². The van der Waals surface area contributed by atoms with Gasteiger partial charge in [0.05, 0.1) is 11.5 Å². The number of carbonyl (C=O) groups excluding carboxylic acids is 1. The van der Waals surface area contributed by atoms with Crippen molar-refractivity contribution in [3.05, 3.63) is 54.1 Å². The van der Waals surface area contributed by atoms with Crippen molar-refractivity contribution in [3.63, 3.8) is 0 Å². The average Bonchev–Trinajstić information content (AvgIpc) is 2.78. The van der Waals surface area contributed by atoms with Gasteiger partial charge in [0.1, 0.15) is 5.75 Å². The van der Waals surface area contributed by atoms with Crippen molar-refractivity contribution >= 4 is 21.6 Å². The zero-order valence-corrected chi connectivity index (χ0v) is 19.0. The second kappa shape index (κ2) is 10.7. The molecule has 0 aliphatic carbocycles. The molecule has 0 aromatic heterocycles. The van der Waals surface area contributed by atoms with Crippen LogP contribution in [0.2, 0.25) is 0 Å². The lowest BCUT2D eigenvalue weighted by Crippen LogP contribution is -2.46. The Morgan fingerprint density at radius 2 is 1.61 bits per heavy atom. The van der Waals surface area contributed by atoms with E-state index in [1.54, 1.807) is 36.4 Å². The van der Waals surface area contributed by atoms with Crippen LogP contribution >= 0.6 is 0 Å². The second-order valence-corrected chi connectivity index (χ2v) is 9.70. The third-order valence-electron chi connectivity index (χ3n) is 5.35. The molecule has 31 heavy (non-hydrogen) atoms. The van der Waals surface area contributed by atoms with Crippen LogP contribution in [0.5, 0.6) is 5.75 Å². The molecule has 8 heteroatoms. The number of hydrogen-bond acceptors (Lipinski definition) is 5. The molecule has 1 aliphatic rings. The first kappa shape index (κ1) is 23.2. The molecule has 1 aliphatic heterocycles. The summed E-state index contributed by atoms with van der Waals surface area (Å²) in [4.78, 5) is 14.8. The van der Waals surface area contributed by atoms with Gasteiger partial charge in [-0.05, 0) is 62.0 Å². The predicted molar refractivity (Wildman–Crippen MR) is 122 cm³/mol. The monoisotopic (exact) mass is 445 g/mol. The molecular formula is C23H31N3O4S. The van der Waals surface area contributed by atoms with E-state index in [9.17, 15) is 13.2 Å². The van der Waals surface area contributed by atoms with Gasteiger partial charge in [0.2, 0.25) is 10.0 Å². The Kier molecular flexibility index (Phi) is 8.06. The van der Waals surface area contributed by atoms with Crippen LogP contribution < -0.4 is 10.1 Å². The van der Waals surface area contributed by atoms with E-state index in [4.69, 9.17) is 4.74 Å². The van der Waals surface area contributed by atoms with Crippen LogP contribution in [0.4, 0.5) is 5.69 Å². The van der Waals surface area contributed by atoms with Crippen LogP contribution in [0.1, 0.15) is 36.5 Å². The van der Waals surface area contributed by atoms with Crippen LogP contribution in [0.25, 0.3) is 0 Å². The molecule has 1 heterocycles. The van der Waals surface area contributed by atoms with Crippen LogP contribution in [0.15, 0.2) is 53.4 Å². The van der Waals surface area contributed by atoms with Crippen LogP contribution in [0, 0.1) is 0 Å². The largest absolute Gasteiger partial charge is 0.494 e. The number of carbonyl (C=O) groups is 1. The van der Waals surface area contributed by atoms with E-state index < -0.39 is 10.0 Å². The maximum atomic E-state index is 12.8. The number of likely N-dealkylation sites (N-methyl/N-ethyl adjacent to an activating group) is 1. The molecule has 7 nitrogen and oxygen atoms in total. The number of anilines is 1. The Balaban J connectivity index is 1.57. The van der Waals surface area contributed by atoms with Crippen molar-refractivity contribution in [2.24, 2.45) is 0 Å². The second-order valence-electron chi connectivity index (χ2n) is 7.77. The van der Waals surface area contributed by atoms with Crippen molar-refractivity contribution in [2.75, 3.05) is 45.2 Å². The summed E-state index contributed by atoms with van der Waals surface area (Å²) in [5, 5.41) is 2.81. The molecule has 2 aromatic rings. The van der Waals surface area contributed by atoms with E-state index in [1.807, 2.05) is 7.05 Å². The number of amides is 1. The highest BCUT2D eigenvalue weighted by atomic mass is 32.2. The molecular weight excluding hydrogens is 414 g/mol. The van der Waals surface area contributed by atoms with Gasteiger partial charge in [-0.2, -0.15) is 4.31 Å². The highest BCUT2D eigenvalue weighted by Crippen LogP contribution is 2.20. The first-order valence-electron chi connectivity index (χ1n) is 10.7. The molecule has 3 rings (SSSR count). The van der Waals surface area contributed by atoms with Crippen molar-refractivity contribution in [1.29, 1.82) is 0 Å². The molecule has 1 amide bonds. The molecule has 0 spiro atoms. The van der Waals surface area contributed by atoms with Gasteiger partial charge in [0.25, 0.3) is 5.91 Å². The number of ether oxygens (including phenoxy) is 1. The standard InChI is InChI=1S/C23H31N3O4S/c1-3-4-5-18-30-21-10-6-19(7-11-21)23(27)24-20-8-12-22(13-9-20)31(28,29)26-16-14-25(2)15-17-26/h6-13H,3-5,14-18H2,1-2H3,(H,24,27). The quantitative estimate of drug-likeness (QED) is 0.598. The smallest absolute Gasteiger partial charge is 0.255 e. The Morgan fingerprint density at radius 3 is 2.23 bits per heavy atom. The van der Waals surface area contributed by atoms with E-state index in [0.717, 1.165) is 38.1 Å². The molecule has 0 atom stereocenters. The number of piperazine rings is 1. The fourth-order valence-electron chi connectivity index (χ4n) is 3.34. The summed E-state index contributed by atoms with van der Waals surface area (Å²) in [5.74, 6) is 0.485. The number of nitrogens with one attached hydrogen (secondary N) is 1. The van der Waals surface area contributed by atoms with Crippen LogP contribution in [0.3, 0.4) is 0 Å². The number of rotatable bonds is 9. The Bertz CT molecular complexity index is 951. The molecule has 0 bridgehead atoms. The molecule has 1 N–H and O–H groups in total. The van der Waals surface area contributed by atoms with E-state index in [2.05, 4.69) is 17.1 Å². The predicted octanol–water partition coefficient (Wildman–Crippen LogP) is 3.44. The van der Waals surface area contributed by atoms with Crippen LogP contribution in [-0.2, 0) is 10.0 Å². The van der Waals surface area contributed by atoms with Gasteiger partial charge >= 0.3 is 0 Å². The topological polar surface area (TPSA) is 78.9 Å². The number of benzene rings is 2. The number of hydrogen-bond donors (Lipinski definition) is 1. The number of nitrogens with zero attached hydrogens (tertiary/aromatic N) is 2. The van der Waals surface area contributed by atoms with E-state index in [1.165, 1.54) is 16.4 Å². The molecule has 168 valence electrons. The molecule has 1 fully saturated rings. The molecule has 0 saturated carbocycles. The maximum Gasteiger partial charge on any atom is 0.255 e. The van der Waals surface area contributed by atoms with Gasteiger partial charge in [-0.25, -0.2) is 8.42 Å². The summed E-state index contributed by atoms with van der Waals surface area (Å²) in [7, 11) is -1.54. The first-order chi connectivity index (χ1) is 14.9. The highest BCUT2D eigenvalue weighted by molar-refractivity contribution is 7.89. The van der Waals surface area contributed by atoms with Gasteiger partial charge in [-0.1, -0.05) is 19.8 Å². The minimum atomic E-state index is -3.52. The Hall–Kier alpha value is -2.42. The Labute approximate surface area is 185 Å². The molecule has 0 radical (unpaired) electrons. The minimum Gasteiger partial charge on any atom is -0.494 e. The summed E-state index contributed by atoms with van der Waals surface area (Å²) < 4.78 is 32.8. The van der Waals surface area contributed by atoms with Crippen molar-refractivity contribution in [2.45, 2.75) is 31.1 Å². The highest BCUT2D eigenvalue weighted by Gasteiger charge is 2.27. The first-order valence-corrected chi connectivity index (χ1v) is 12.2. The zero-order chi connectivity index (χ0) is 22.3. The minimum absolute atomic E-state index is 0.236. The van der Waals surface area contributed by atoms with Crippen molar-refractivity contribution < 1.29 is 17.9 Å². The van der Waals surface area contributed by atoms with Crippen molar-refractivity contribution in [3.8, 4) is 5.75 Å². The van der Waals surface area contributed by atoms with Gasteiger partial charge < -0.3 is 15.0 Å². The summed E-state index contributed by atoms with van der Waals surface area (Å²) in [5.41, 5.74) is 1.05. The van der Waals surface area contributed by atoms with Crippen molar-refractivity contribution in [1.82, 2.24) is 9.21 Å². The molecule has 1 saturated heterocycles. The maximum absolute atomic E-state index is 12.8. The van der Waals surface area contributed by atoms with E-state index in [-0.39, 0.29) is 10.8 Å². The number of sulfonamides is 1. The summed E-state index contributed by atoms with van der Waals surface area (Å²) in [6.07, 6.45) is 3.29. The van der Waals surface area contributed by atoms with Crippen LogP contribution in [-0.4, -0.2) is 63.4 Å². The molecule has 2 aromatic carbocycles. The zero-order valence-electron chi connectivity index (χ0n) is 18.2. The SMILES string of the molecule is CCCCCOc1ccc(C(=O)Nc2ccc(S(=O)(=O)N3CCN(C)CC3)cc2)cc1. The lowest BCUT2D eigenvalue weighted by Gasteiger charge is -2.31. The fourth-order valence-corrected chi connectivity index (χ4v) is 4.76. The lowest BCUT2D eigenvalue weighted by atomic mass is 10.2. The average molecular weight is 446 g/mol. The molecule has 0 unspecified atom stereocenters. The van der Waals surface area contributed by atoms with E-state index >= 15 is 0 Å². The number of unbranched alkanes of at least 4 members (excludes halogenated alkanes) is 2. The Morgan fingerprint density at radius 1 is 0.968 bits per heavy atom. The summed E-state index contributed by atoms with van der Waals surface area (Å²) >= 11 is 0. The van der Waals surface area contributed by atoms with E-state index in [0.29, 0.717) is 30.9 Å².